The minimum absolute atomic E-state index is 0.135. The number of hydrazine groups is 1. The maximum Gasteiger partial charge on any atom is 0.392 e. The molecule has 0 saturated carbocycles. The molecule has 1 heterocycles. The van der Waals surface area contributed by atoms with Crippen LogP contribution < -0.4 is 16.0 Å². The Morgan fingerprint density at radius 1 is 1.32 bits per heavy atom. The number of hydrogen-bond acceptors (Lipinski definition) is 5. The van der Waals surface area contributed by atoms with Crippen molar-refractivity contribution in [3.8, 4) is 5.88 Å². The van der Waals surface area contributed by atoms with E-state index in [-0.39, 0.29) is 5.88 Å². The first-order valence-electron chi connectivity index (χ1n) is 5.91. The molecule has 3 N–H and O–H groups in total. The smallest absolute Gasteiger partial charge is 0.392 e. The number of nitrogen functional groups attached to an aromatic ring is 1. The van der Waals surface area contributed by atoms with Crippen molar-refractivity contribution in [3.63, 3.8) is 0 Å². The zero-order valence-electron chi connectivity index (χ0n) is 10.8. The number of halogens is 3. The highest BCUT2D eigenvalue weighted by Gasteiger charge is 2.27. The van der Waals surface area contributed by atoms with Gasteiger partial charge in [0.1, 0.15) is 11.6 Å². The first-order chi connectivity index (χ1) is 8.87. The Bertz CT molecular complexity index is 423. The molecule has 0 unspecified atom stereocenters. The van der Waals surface area contributed by atoms with Crippen molar-refractivity contribution in [2.45, 2.75) is 39.3 Å². The highest BCUT2D eigenvalue weighted by atomic mass is 19.4. The fourth-order valence-corrected chi connectivity index (χ4v) is 1.42. The maximum atomic E-state index is 12.1. The molecule has 108 valence electrons. The lowest BCUT2D eigenvalue weighted by Gasteiger charge is -2.13. The van der Waals surface area contributed by atoms with Gasteiger partial charge in [0.25, 0.3) is 0 Å². The average Bonchev–Trinajstić information content (AvgIpc) is 2.31. The minimum Gasteiger partial charge on any atom is -0.477 e. The summed E-state index contributed by atoms with van der Waals surface area (Å²) in [6.07, 6.45) is -3.85. The number of alkyl halides is 3. The molecule has 0 aliphatic rings. The van der Waals surface area contributed by atoms with Crippen LogP contribution in [0.4, 0.5) is 19.0 Å². The highest BCUT2D eigenvalue weighted by Crippen LogP contribution is 2.24. The molecule has 0 aromatic carbocycles. The third-order valence-corrected chi connectivity index (χ3v) is 2.38. The molecule has 0 saturated heterocycles. The first kappa shape index (κ1) is 15.5. The molecule has 0 fully saturated rings. The van der Waals surface area contributed by atoms with Crippen molar-refractivity contribution >= 4 is 5.82 Å². The quantitative estimate of drug-likeness (QED) is 0.617. The SMILES string of the molecule is CCCc1nc(NN)c(C)c(OCCC(F)(F)F)n1. The summed E-state index contributed by atoms with van der Waals surface area (Å²) in [6.45, 7) is 3.10. The van der Waals surface area contributed by atoms with Crippen molar-refractivity contribution in [3.05, 3.63) is 11.4 Å². The van der Waals surface area contributed by atoms with E-state index in [0.717, 1.165) is 6.42 Å². The van der Waals surface area contributed by atoms with Gasteiger partial charge in [0.2, 0.25) is 5.88 Å². The summed E-state index contributed by atoms with van der Waals surface area (Å²) in [7, 11) is 0. The third kappa shape index (κ3) is 4.90. The van der Waals surface area contributed by atoms with Crippen molar-refractivity contribution in [2.24, 2.45) is 5.84 Å². The van der Waals surface area contributed by atoms with Gasteiger partial charge in [0.05, 0.1) is 18.6 Å². The van der Waals surface area contributed by atoms with E-state index in [9.17, 15) is 13.2 Å². The van der Waals surface area contributed by atoms with E-state index in [1.807, 2.05) is 6.92 Å². The molecule has 0 aliphatic heterocycles. The van der Waals surface area contributed by atoms with Gasteiger partial charge in [-0.2, -0.15) is 18.2 Å². The van der Waals surface area contributed by atoms with Gasteiger partial charge < -0.3 is 10.2 Å². The molecule has 1 aromatic rings. The van der Waals surface area contributed by atoms with Gasteiger partial charge in [0.15, 0.2) is 0 Å². The summed E-state index contributed by atoms with van der Waals surface area (Å²) in [5.74, 6) is 6.29. The highest BCUT2D eigenvalue weighted by molar-refractivity contribution is 5.47. The number of anilines is 1. The Labute approximate surface area is 109 Å². The van der Waals surface area contributed by atoms with E-state index >= 15 is 0 Å². The number of aromatic nitrogens is 2. The standard InChI is InChI=1S/C11H17F3N4O/c1-3-4-8-16-9(18-15)7(2)10(17-8)19-6-5-11(12,13)14/h3-6,15H2,1-2H3,(H,16,17,18). The van der Waals surface area contributed by atoms with Crippen LogP contribution in [0.1, 0.15) is 31.2 Å². The number of rotatable bonds is 6. The summed E-state index contributed by atoms with van der Waals surface area (Å²) in [5, 5.41) is 0. The van der Waals surface area contributed by atoms with Gasteiger partial charge in [-0.3, -0.25) is 0 Å². The van der Waals surface area contributed by atoms with Crippen molar-refractivity contribution < 1.29 is 17.9 Å². The van der Waals surface area contributed by atoms with Crippen LogP contribution in [-0.2, 0) is 6.42 Å². The lowest BCUT2D eigenvalue weighted by molar-refractivity contribution is -0.139. The molecular weight excluding hydrogens is 261 g/mol. The molecule has 5 nitrogen and oxygen atoms in total. The van der Waals surface area contributed by atoms with E-state index in [4.69, 9.17) is 10.6 Å². The number of aryl methyl sites for hydroxylation is 1. The lowest BCUT2D eigenvalue weighted by Crippen LogP contribution is -2.16. The van der Waals surface area contributed by atoms with Gasteiger partial charge in [-0.1, -0.05) is 6.92 Å². The molecule has 0 radical (unpaired) electrons. The van der Waals surface area contributed by atoms with Crippen molar-refractivity contribution in [2.75, 3.05) is 12.0 Å². The van der Waals surface area contributed by atoms with Crippen molar-refractivity contribution in [1.29, 1.82) is 0 Å². The normalized spacial score (nSPS) is 11.5. The fraction of sp³-hybridized carbons (Fsp3) is 0.636. The van der Waals surface area contributed by atoms with E-state index in [1.54, 1.807) is 6.92 Å². The van der Waals surface area contributed by atoms with Crippen LogP contribution in [0.15, 0.2) is 0 Å². The Morgan fingerprint density at radius 3 is 2.53 bits per heavy atom. The number of nitrogens with zero attached hydrogens (tertiary/aromatic N) is 2. The lowest BCUT2D eigenvalue weighted by atomic mass is 10.3. The first-order valence-corrected chi connectivity index (χ1v) is 5.91. The Morgan fingerprint density at radius 2 is 2.00 bits per heavy atom. The maximum absolute atomic E-state index is 12.1. The van der Waals surface area contributed by atoms with E-state index in [2.05, 4.69) is 15.4 Å². The van der Waals surface area contributed by atoms with Gasteiger partial charge in [-0.25, -0.2) is 10.8 Å². The third-order valence-electron chi connectivity index (χ3n) is 2.38. The number of ether oxygens (including phenoxy) is 1. The fourth-order valence-electron chi connectivity index (χ4n) is 1.42. The molecule has 0 bridgehead atoms. The molecule has 1 aromatic heterocycles. The minimum atomic E-state index is -4.25. The molecule has 0 amide bonds. The average molecular weight is 278 g/mol. The van der Waals surface area contributed by atoms with Crippen LogP contribution in [0.3, 0.4) is 0 Å². The Balaban J connectivity index is 2.83. The summed E-state index contributed by atoms with van der Waals surface area (Å²) in [4.78, 5) is 8.24. The van der Waals surface area contributed by atoms with E-state index < -0.39 is 19.2 Å². The van der Waals surface area contributed by atoms with Crippen LogP contribution in [-0.4, -0.2) is 22.8 Å². The molecule has 8 heteroatoms. The predicted octanol–water partition coefficient (Wildman–Crippen LogP) is 2.35. The summed E-state index contributed by atoms with van der Waals surface area (Å²) >= 11 is 0. The van der Waals surface area contributed by atoms with Gasteiger partial charge >= 0.3 is 6.18 Å². The van der Waals surface area contributed by atoms with Crippen molar-refractivity contribution in [1.82, 2.24) is 9.97 Å². The van der Waals surface area contributed by atoms with Gasteiger partial charge in [0, 0.05) is 6.42 Å². The van der Waals surface area contributed by atoms with Crippen LogP contribution >= 0.6 is 0 Å². The molecule has 0 atom stereocenters. The van der Waals surface area contributed by atoms with Crippen LogP contribution in [0.25, 0.3) is 0 Å². The molecule has 0 spiro atoms. The molecule has 0 aliphatic carbocycles. The number of hydrogen-bond donors (Lipinski definition) is 2. The molecular formula is C11H17F3N4O. The second kappa shape index (κ2) is 6.55. The van der Waals surface area contributed by atoms with Gasteiger partial charge in [-0.05, 0) is 13.3 Å². The van der Waals surface area contributed by atoms with Crippen LogP contribution in [0.5, 0.6) is 5.88 Å². The van der Waals surface area contributed by atoms with E-state index in [1.165, 1.54) is 0 Å². The second-order valence-electron chi connectivity index (χ2n) is 4.03. The molecule has 19 heavy (non-hydrogen) atoms. The second-order valence-corrected chi connectivity index (χ2v) is 4.03. The van der Waals surface area contributed by atoms with Gasteiger partial charge in [-0.15, -0.1) is 0 Å². The van der Waals surface area contributed by atoms with E-state index in [0.29, 0.717) is 23.6 Å². The molecule has 1 rings (SSSR count). The van der Waals surface area contributed by atoms with Crippen LogP contribution in [0.2, 0.25) is 0 Å². The topological polar surface area (TPSA) is 73.1 Å². The summed E-state index contributed by atoms with van der Waals surface area (Å²) < 4.78 is 41.3. The number of nitrogens with two attached hydrogens (primary N) is 1. The van der Waals surface area contributed by atoms with Crippen LogP contribution in [0, 0.1) is 6.92 Å². The largest absolute Gasteiger partial charge is 0.477 e. The number of nitrogens with one attached hydrogen (secondary N) is 1. The predicted molar refractivity (Wildman–Crippen MR) is 64.7 cm³/mol. The summed E-state index contributed by atoms with van der Waals surface area (Å²) in [5.41, 5.74) is 2.88. The summed E-state index contributed by atoms with van der Waals surface area (Å²) in [6, 6.07) is 0. The Hall–Kier alpha value is -1.57. The zero-order chi connectivity index (χ0) is 14.5. The Kier molecular flexibility index (Phi) is 5.34. The zero-order valence-corrected chi connectivity index (χ0v) is 10.8. The monoisotopic (exact) mass is 278 g/mol.